The first-order valence-electron chi connectivity index (χ1n) is 7.20. The smallest absolute Gasteiger partial charge is 0.225 e. The van der Waals surface area contributed by atoms with Gasteiger partial charge in [-0.05, 0) is 25.8 Å². The van der Waals surface area contributed by atoms with E-state index < -0.39 is 10.0 Å². The molecule has 2 fully saturated rings. The van der Waals surface area contributed by atoms with Gasteiger partial charge in [0.25, 0.3) is 0 Å². The summed E-state index contributed by atoms with van der Waals surface area (Å²) in [5.74, 6) is 0.652. The molecule has 7 nitrogen and oxygen atoms in total. The molecule has 0 aromatic carbocycles. The van der Waals surface area contributed by atoms with Gasteiger partial charge in [0, 0.05) is 18.8 Å². The van der Waals surface area contributed by atoms with Gasteiger partial charge in [0.15, 0.2) is 0 Å². The molecule has 1 saturated heterocycles. The first-order chi connectivity index (χ1) is 10.0. The molecule has 1 aromatic heterocycles. The minimum atomic E-state index is -3.18. The van der Waals surface area contributed by atoms with E-state index >= 15 is 0 Å². The SMILES string of the molecule is Cc1cc(CNS(=O)(=O)C2CC2)nc(N2CCOCC2)n1. The van der Waals surface area contributed by atoms with Crippen molar-refractivity contribution in [2.45, 2.75) is 31.6 Å². The van der Waals surface area contributed by atoms with Crippen LogP contribution in [0.2, 0.25) is 0 Å². The lowest BCUT2D eigenvalue weighted by atomic mass is 10.3. The molecule has 2 aliphatic rings. The number of nitrogens with zero attached hydrogens (tertiary/aromatic N) is 3. The first kappa shape index (κ1) is 14.7. The number of ether oxygens (including phenoxy) is 1. The molecular weight excluding hydrogens is 292 g/mol. The predicted octanol–water partition coefficient (Wildman–Crippen LogP) is 0.203. The van der Waals surface area contributed by atoms with Gasteiger partial charge in [-0.1, -0.05) is 0 Å². The summed E-state index contributed by atoms with van der Waals surface area (Å²) in [6.45, 7) is 4.97. The Kier molecular flexibility index (Phi) is 4.10. The number of aromatic nitrogens is 2. The van der Waals surface area contributed by atoms with Gasteiger partial charge in [0.1, 0.15) is 0 Å². The molecule has 0 spiro atoms. The first-order valence-corrected chi connectivity index (χ1v) is 8.75. The van der Waals surface area contributed by atoms with Crippen molar-refractivity contribution in [3.05, 3.63) is 17.5 Å². The zero-order valence-electron chi connectivity index (χ0n) is 12.1. The molecule has 3 rings (SSSR count). The average molecular weight is 312 g/mol. The van der Waals surface area contributed by atoms with E-state index in [-0.39, 0.29) is 11.8 Å². The summed E-state index contributed by atoms with van der Waals surface area (Å²) >= 11 is 0. The highest BCUT2D eigenvalue weighted by molar-refractivity contribution is 7.90. The largest absolute Gasteiger partial charge is 0.378 e. The number of sulfonamides is 1. The number of hydrogen-bond donors (Lipinski definition) is 1. The maximum atomic E-state index is 11.9. The van der Waals surface area contributed by atoms with Crippen LogP contribution < -0.4 is 9.62 Å². The van der Waals surface area contributed by atoms with Crippen LogP contribution >= 0.6 is 0 Å². The van der Waals surface area contributed by atoms with Gasteiger partial charge in [0.2, 0.25) is 16.0 Å². The van der Waals surface area contributed by atoms with E-state index in [2.05, 4.69) is 19.6 Å². The lowest BCUT2D eigenvalue weighted by molar-refractivity contribution is 0.122. The highest BCUT2D eigenvalue weighted by Gasteiger charge is 2.35. The fraction of sp³-hybridized carbons (Fsp3) is 0.692. The van der Waals surface area contributed by atoms with Crippen molar-refractivity contribution in [2.24, 2.45) is 0 Å². The minimum absolute atomic E-state index is 0.209. The Balaban J connectivity index is 1.71. The summed E-state index contributed by atoms with van der Waals surface area (Å²) in [5.41, 5.74) is 1.54. The van der Waals surface area contributed by atoms with E-state index in [1.807, 2.05) is 13.0 Å². The van der Waals surface area contributed by atoms with Crippen molar-refractivity contribution < 1.29 is 13.2 Å². The lowest BCUT2D eigenvalue weighted by Crippen LogP contribution is -2.37. The van der Waals surface area contributed by atoms with Crippen molar-refractivity contribution in [1.29, 1.82) is 0 Å². The molecule has 1 aromatic rings. The number of morpholine rings is 1. The molecule has 0 atom stereocenters. The Labute approximate surface area is 124 Å². The van der Waals surface area contributed by atoms with Crippen molar-refractivity contribution >= 4 is 16.0 Å². The zero-order chi connectivity index (χ0) is 14.9. The van der Waals surface area contributed by atoms with Gasteiger partial charge in [-0.2, -0.15) is 0 Å². The maximum Gasteiger partial charge on any atom is 0.225 e. The number of nitrogens with one attached hydrogen (secondary N) is 1. The molecule has 0 radical (unpaired) electrons. The number of rotatable bonds is 5. The third kappa shape index (κ3) is 3.69. The quantitative estimate of drug-likeness (QED) is 0.836. The van der Waals surface area contributed by atoms with Crippen LogP contribution in [0.1, 0.15) is 24.2 Å². The second-order valence-corrected chi connectivity index (χ2v) is 7.51. The van der Waals surface area contributed by atoms with E-state index in [1.165, 1.54) is 0 Å². The summed E-state index contributed by atoms with van der Waals surface area (Å²) in [6, 6.07) is 1.82. The zero-order valence-corrected chi connectivity index (χ0v) is 12.9. The van der Waals surface area contributed by atoms with E-state index in [4.69, 9.17) is 4.74 Å². The average Bonchev–Trinajstić information content (AvgIpc) is 3.31. The molecule has 1 aliphatic heterocycles. The van der Waals surface area contributed by atoms with Crippen LogP contribution in [0.4, 0.5) is 5.95 Å². The van der Waals surface area contributed by atoms with Gasteiger partial charge < -0.3 is 9.64 Å². The molecule has 1 aliphatic carbocycles. The van der Waals surface area contributed by atoms with Gasteiger partial charge in [-0.3, -0.25) is 0 Å². The molecule has 0 amide bonds. The maximum absolute atomic E-state index is 11.9. The third-order valence-corrected chi connectivity index (χ3v) is 5.50. The Hall–Kier alpha value is -1.25. The third-order valence-electron chi connectivity index (χ3n) is 3.61. The van der Waals surface area contributed by atoms with Crippen LogP contribution in [0, 0.1) is 6.92 Å². The lowest BCUT2D eigenvalue weighted by Gasteiger charge is -2.27. The molecule has 1 saturated carbocycles. The number of hydrogen-bond acceptors (Lipinski definition) is 6. The summed E-state index contributed by atoms with van der Waals surface area (Å²) < 4.78 is 31.7. The Morgan fingerprint density at radius 3 is 2.71 bits per heavy atom. The van der Waals surface area contributed by atoms with Crippen molar-refractivity contribution in [1.82, 2.24) is 14.7 Å². The second-order valence-electron chi connectivity index (χ2n) is 5.47. The second kappa shape index (κ2) is 5.86. The number of aryl methyl sites for hydroxylation is 1. The minimum Gasteiger partial charge on any atom is -0.378 e. The topological polar surface area (TPSA) is 84.4 Å². The van der Waals surface area contributed by atoms with E-state index in [0.29, 0.717) is 24.9 Å². The fourth-order valence-electron chi connectivity index (χ4n) is 2.28. The highest BCUT2D eigenvalue weighted by Crippen LogP contribution is 2.27. The molecule has 0 unspecified atom stereocenters. The molecule has 2 heterocycles. The molecule has 116 valence electrons. The van der Waals surface area contributed by atoms with Crippen LogP contribution in [0.5, 0.6) is 0 Å². The summed E-state index contributed by atoms with van der Waals surface area (Å²) in [4.78, 5) is 11.0. The van der Waals surface area contributed by atoms with Crippen molar-refractivity contribution in [3.8, 4) is 0 Å². The van der Waals surface area contributed by atoms with Gasteiger partial charge >= 0.3 is 0 Å². The Morgan fingerprint density at radius 2 is 2.05 bits per heavy atom. The summed E-state index contributed by atoms with van der Waals surface area (Å²) in [6.07, 6.45) is 1.52. The van der Waals surface area contributed by atoms with E-state index in [9.17, 15) is 8.42 Å². The normalized spacial score (nSPS) is 19.8. The van der Waals surface area contributed by atoms with E-state index in [1.54, 1.807) is 0 Å². The Bertz CT molecular complexity index is 610. The van der Waals surface area contributed by atoms with Crippen LogP contribution in [0.15, 0.2) is 6.07 Å². The summed E-state index contributed by atoms with van der Waals surface area (Å²) in [5, 5.41) is -0.209. The molecule has 1 N–H and O–H groups in total. The molecular formula is C13H20N4O3S. The molecule has 0 bridgehead atoms. The Morgan fingerprint density at radius 1 is 1.33 bits per heavy atom. The predicted molar refractivity (Wildman–Crippen MR) is 78.6 cm³/mol. The standard InChI is InChI=1S/C13H20N4O3S/c1-10-8-11(9-14-21(18,19)12-2-3-12)16-13(15-10)17-4-6-20-7-5-17/h8,12,14H,2-7,9H2,1H3. The van der Waals surface area contributed by atoms with Gasteiger partial charge in [0.05, 0.1) is 30.7 Å². The van der Waals surface area contributed by atoms with Gasteiger partial charge in [-0.15, -0.1) is 0 Å². The number of anilines is 1. The van der Waals surface area contributed by atoms with Crippen LogP contribution in [-0.2, 0) is 21.3 Å². The highest BCUT2D eigenvalue weighted by atomic mass is 32.2. The monoisotopic (exact) mass is 312 g/mol. The van der Waals surface area contributed by atoms with Crippen LogP contribution in [-0.4, -0.2) is 49.9 Å². The van der Waals surface area contributed by atoms with Crippen molar-refractivity contribution in [2.75, 3.05) is 31.2 Å². The molecule has 8 heteroatoms. The van der Waals surface area contributed by atoms with Crippen LogP contribution in [0.25, 0.3) is 0 Å². The van der Waals surface area contributed by atoms with Crippen molar-refractivity contribution in [3.63, 3.8) is 0 Å². The summed E-state index contributed by atoms with van der Waals surface area (Å²) in [7, 11) is -3.18. The fourth-order valence-corrected chi connectivity index (χ4v) is 3.62. The van der Waals surface area contributed by atoms with Crippen LogP contribution in [0.3, 0.4) is 0 Å². The van der Waals surface area contributed by atoms with E-state index in [0.717, 1.165) is 31.6 Å². The molecule has 21 heavy (non-hydrogen) atoms. The van der Waals surface area contributed by atoms with Gasteiger partial charge in [-0.25, -0.2) is 23.1 Å².